The van der Waals surface area contributed by atoms with Gasteiger partial charge < -0.3 is 9.55 Å². The molecule has 0 aliphatic carbocycles. The number of aromatic nitrogens is 2. The third-order valence-electron chi connectivity index (χ3n) is 3.55. The first-order valence-corrected chi connectivity index (χ1v) is 6.35. The summed E-state index contributed by atoms with van der Waals surface area (Å²) in [4.78, 5) is 3.13. The smallest absolute Gasteiger partial charge is 0.178 e. The zero-order chi connectivity index (χ0) is 12.6. The maximum atomic E-state index is 13.3. The summed E-state index contributed by atoms with van der Waals surface area (Å²) in [7, 11) is 0. The molecular formula is C13H17FN2S. The highest BCUT2D eigenvalue weighted by atomic mass is 32.1. The summed E-state index contributed by atoms with van der Waals surface area (Å²) < 4.78 is 16.0. The Labute approximate surface area is 105 Å². The molecule has 2 rings (SSSR count). The highest BCUT2D eigenvalue weighted by Crippen LogP contribution is 2.26. The molecule has 2 nitrogen and oxygen atoms in total. The number of nitrogens with zero attached hydrogens (tertiary/aromatic N) is 1. The van der Waals surface area contributed by atoms with E-state index >= 15 is 0 Å². The van der Waals surface area contributed by atoms with Crippen molar-refractivity contribution >= 4 is 23.3 Å². The second-order valence-corrected chi connectivity index (χ2v) is 4.97. The standard InChI is InChI=1S/C13H17FN2S/c1-4-8(2)9(3)16-12-7-10(14)5-6-11(12)15-13(16)17/h5-9H,4H2,1-3H3,(H,15,17). The van der Waals surface area contributed by atoms with Crippen molar-refractivity contribution in [2.75, 3.05) is 0 Å². The lowest BCUT2D eigenvalue weighted by Gasteiger charge is -2.20. The van der Waals surface area contributed by atoms with Crippen molar-refractivity contribution in [3.63, 3.8) is 0 Å². The van der Waals surface area contributed by atoms with Gasteiger partial charge in [0.2, 0.25) is 0 Å². The van der Waals surface area contributed by atoms with Crippen LogP contribution in [0.5, 0.6) is 0 Å². The number of fused-ring (bicyclic) bond motifs is 1. The van der Waals surface area contributed by atoms with E-state index in [0.29, 0.717) is 10.7 Å². The second kappa shape index (κ2) is 4.61. The number of hydrogen-bond donors (Lipinski definition) is 1. The Balaban J connectivity index is 2.63. The average molecular weight is 252 g/mol. The molecule has 1 aromatic carbocycles. The molecule has 1 aromatic heterocycles. The first-order valence-electron chi connectivity index (χ1n) is 5.94. The Morgan fingerprint density at radius 3 is 2.76 bits per heavy atom. The molecule has 0 bridgehead atoms. The molecule has 4 heteroatoms. The van der Waals surface area contributed by atoms with E-state index in [4.69, 9.17) is 12.2 Å². The number of halogens is 1. The quantitative estimate of drug-likeness (QED) is 0.801. The van der Waals surface area contributed by atoms with Gasteiger partial charge in [-0.05, 0) is 43.3 Å². The lowest BCUT2D eigenvalue weighted by Crippen LogP contribution is -2.13. The van der Waals surface area contributed by atoms with E-state index < -0.39 is 0 Å². The van der Waals surface area contributed by atoms with E-state index in [1.54, 1.807) is 12.1 Å². The zero-order valence-electron chi connectivity index (χ0n) is 10.3. The molecule has 2 aromatic rings. The molecule has 2 unspecified atom stereocenters. The van der Waals surface area contributed by atoms with Crippen molar-refractivity contribution in [2.24, 2.45) is 5.92 Å². The van der Waals surface area contributed by atoms with Gasteiger partial charge in [-0.3, -0.25) is 0 Å². The number of nitrogens with one attached hydrogen (secondary N) is 1. The van der Waals surface area contributed by atoms with Gasteiger partial charge in [0, 0.05) is 6.04 Å². The van der Waals surface area contributed by atoms with E-state index in [0.717, 1.165) is 17.5 Å². The lowest BCUT2D eigenvalue weighted by molar-refractivity contribution is 0.374. The van der Waals surface area contributed by atoms with Gasteiger partial charge in [0.25, 0.3) is 0 Å². The first kappa shape index (κ1) is 12.3. The van der Waals surface area contributed by atoms with Crippen LogP contribution in [0.25, 0.3) is 11.0 Å². The number of hydrogen-bond acceptors (Lipinski definition) is 1. The summed E-state index contributed by atoms with van der Waals surface area (Å²) in [5.74, 6) is 0.278. The monoisotopic (exact) mass is 252 g/mol. The Hall–Kier alpha value is -1.16. The van der Waals surface area contributed by atoms with Gasteiger partial charge in [-0.2, -0.15) is 0 Å². The molecule has 0 amide bonds. The van der Waals surface area contributed by atoms with Gasteiger partial charge in [0.05, 0.1) is 11.0 Å². The molecule has 1 heterocycles. The molecule has 0 aliphatic rings. The van der Waals surface area contributed by atoms with E-state index in [-0.39, 0.29) is 11.9 Å². The van der Waals surface area contributed by atoms with E-state index in [9.17, 15) is 4.39 Å². The average Bonchev–Trinajstić information content (AvgIpc) is 2.62. The minimum atomic E-state index is -0.225. The van der Waals surface area contributed by atoms with E-state index in [1.165, 1.54) is 6.07 Å². The minimum Gasteiger partial charge on any atom is -0.331 e. The Kier molecular flexibility index (Phi) is 3.33. The van der Waals surface area contributed by atoms with Crippen LogP contribution in [0.1, 0.15) is 33.2 Å². The maximum absolute atomic E-state index is 13.3. The van der Waals surface area contributed by atoms with Crippen LogP contribution in [0.15, 0.2) is 18.2 Å². The molecule has 0 radical (unpaired) electrons. The van der Waals surface area contributed by atoms with Crippen LogP contribution in [0.2, 0.25) is 0 Å². The summed E-state index contributed by atoms with van der Waals surface area (Å²) in [6, 6.07) is 5.00. The molecular weight excluding hydrogens is 235 g/mol. The number of H-pyrrole nitrogens is 1. The van der Waals surface area contributed by atoms with E-state index in [1.807, 2.05) is 4.57 Å². The van der Waals surface area contributed by atoms with Crippen LogP contribution < -0.4 is 0 Å². The highest BCUT2D eigenvalue weighted by Gasteiger charge is 2.16. The highest BCUT2D eigenvalue weighted by molar-refractivity contribution is 7.71. The summed E-state index contributed by atoms with van der Waals surface area (Å²) in [6.07, 6.45) is 1.07. The fourth-order valence-electron chi connectivity index (χ4n) is 2.09. The Morgan fingerprint density at radius 2 is 2.12 bits per heavy atom. The van der Waals surface area contributed by atoms with Crippen molar-refractivity contribution in [1.82, 2.24) is 9.55 Å². The van der Waals surface area contributed by atoms with Gasteiger partial charge in [0.15, 0.2) is 4.77 Å². The largest absolute Gasteiger partial charge is 0.331 e. The molecule has 0 saturated heterocycles. The normalized spacial score (nSPS) is 15.1. The SMILES string of the molecule is CCC(C)C(C)n1c(=S)[nH]c2ccc(F)cc21. The van der Waals surface area contributed by atoms with Gasteiger partial charge in [0.1, 0.15) is 5.82 Å². The lowest BCUT2D eigenvalue weighted by atomic mass is 10.0. The molecule has 17 heavy (non-hydrogen) atoms. The third kappa shape index (κ3) is 2.14. The van der Waals surface area contributed by atoms with Gasteiger partial charge >= 0.3 is 0 Å². The molecule has 0 fully saturated rings. The third-order valence-corrected chi connectivity index (χ3v) is 3.85. The van der Waals surface area contributed by atoms with Crippen LogP contribution in [-0.4, -0.2) is 9.55 Å². The topological polar surface area (TPSA) is 20.7 Å². The van der Waals surface area contributed by atoms with E-state index in [2.05, 4.69) is 25.8 Å². The Morgan fingerprint density at radius 1 is 1.41 bits per heavy atom. The number of imidazole rings is 1. The van der Waals surface area contributed by atoms with Crippen LogP contribution in [0.4, 0.5) is 4.39 Å². The predicted octanol–water partition coefficient (Wildman–Crippen LogP) is 4.45. The van der Waals surface area contributed by atoms with Crippen molar-refractivity contribution in [2.45, 2.75) is 33.2 Å². The molecule has 92 valence electrons. The summed E-state index contributed by atoms with van der Waals surface area (Å²) >= 11 is 5.32. The summed E-state index contributed by atoms with van der Waals surface area (Å²) in [6.45, 7) is 6.47. The maximum Gasteiger partial charge on any atom is 0.178 e. The van der Waals surface area contributed by atoms with Gasteiger partial charge in [-0.15, -0.1) is 0 Å². The fourth-order valence-corrected chi connectivity index (χ4v) is 2.47. The fraction of sp³-hybridized carbons (Fsp3) is 0.462. The van der Waals surface area contributed by atoms with Crippen molar-refractivity contribution < 1.29 is 4.39 Å². The van der Waals surface area contributed by atoms with Crippen molar-refractivity contribution in [3.8, 4) is 0 Å². The van der Waals surface area contributed by atoms with Crippen LogP contribution in [-0.2, 0) is 0 Å². The first-order chi connectivity index (χ1) is 8.04. The zero-order valence-corrected chi connectivity index (χ0v) is 11.1. The number of rotatable bonds is 3. The molecule has 2 atom stereocenters. The molecule has 1 N–H and O–H groups in total. The number of aromatic amines is 1. The summed E-state index contributed by atoms with van der Waals surface area (Å²) in [5.41, 5.74) is 1.74. The van der Waals surface area contributed by atoms with Crippen molar-refractivity contribution in [3.05, 3.63) is 28.8 Å². The number of benzene rings is 1. The van der Waals surface area contributed by atoms with Crippen LogP contribution in [0.3, 0.4) is 0 Å². The predicted molar refractivity (Wildman–Crippen MR) is 71.2 cm³/mol. The minimum absolute atomic E-state index is 0.225. The van der Waals surface area contributed by atoms with Crippen molar-refractivity contribution in [1.29, 1.82) is 0 Å². The second-order valence-electron chi connectivity index (χ2n) is 4.59. The summed E-state index contributed by atoms with van der Waals surface area (Å²) in [5, 5.41) is 0. The Bertz CT molecular complexity index is 585. The van der Waals surface area contributed by atoms with Crippen LogP contribution in [0, 0.1) is 16.5 Å². The molecule has 0 aliphatic heterocycles. The van der Waals surface area contributed by atoms with Crippen LogP contribution >= 0.6 is 12.2 Å². The van der Waals surface area contributed by atoms with Gasteiger partial charge in [-0.25, -0.2) is 4.39 Å². The van der Waals surface area contributed by atoms with Gasteiger partial charge in [-0.1, -0.05) is 20.3 Å². The molecule has 0 saturated carbocycles. The molecule has 0 spiro atoms.